The molecule has 1 N–H and O–H groups in total. The molecule has 5 nitrogen and oxygen atoms in total. The van der Waals surface area contributed by atoms with Gasteiger partial charge in [0.15, 0.2) is 0 Å². The van der Waals surface area contributed by atoms with Crippen LogP contribution in [-0.4, -0.2) is 17.9 Å². The van der Waals surface area contributed by atoms with E-state index in [1.54, 1.807) is 6.07 Å². The number of alkyl halides is 2. The molecule has 0 aromatic heterocycles. The van der Waals surface area contributed by atoms with E-state index in [4.69, 9.17) is 5.26 Å². The minimum Gasteiger partial charge on any atom is -0.379 e. The predicted octanol–water partition coefficient (Wildman–Crippen LogP) is 2.14. The number of nitrogens with one attached hydrogen (secondary N) is 1. The van der Waals surface area contributed by atoms with Crippen molar-refractivity contribution in [1.82, 2.24) is 0 Å². The van der Waals surface area contributed by atoms with Crippen molar-refractivity contribution in [2.24, 2.45) is 0 Å². The van der Waals surface area contributed by atoms with Crippen LogP contribution in [0.3, 0.4) is 0 Å². The normalized spacial score (nSPS) is 9.88. The summed E-state index contributed by atoms with van der Waals surface area (Å²) in [6.45, 7) is -0.567. The Kier molecular flexibility index (Phi) is 3.72. The summed E-state index contributed by atoms with van der Waals surface area (Å²) in [6, 6.07) is 5.19. The minimum atomic E-state index is -2.53. The standard InChI is InChI=1S/C9H7F2N3O2/c10-9(11)5-13-7-1-2-8(14(15)16)6(3-7)4-12/h1-3,9,13H,5H2. The lowest BCUT2D eigenvalue weighted by atomic mass is 10.2. The molecule has 0 aliphatic heterocycles. The van der Waals surface area contributed by atoms with Crippen LogP contribution in [0.1, 0.15) is 5.56 Å². The Balaban J connectivity index is 2.92. The maximum atomic E-state index is 11.9. The van der Waals surface area contributed by atoms with Crippen LogP contribution in [0.5, 0.6) is 0 Å². The van der Waals surface area contributed by atoms with Crippen LogP contribution in [-0.2, 0) is 0 Å². The van der Waals surface area contributed by atoms with Gasteiger partial charge >= 0.3 is 0 Å². The number of nitriles is 1. The Morgan fingerprint density at radius 1 is 1.56 bits per heavy atom. The second-order valence-electron chi connectivity index (χ2n) is 2.87. The van der Waals surface area contributed by atoms with E-state index in [9.17, 15) is 18.9 Å². The lowest BCUT2D eigenvalue weighted by Crippen LogP contribution is -2.10. The number of benzene rings is 1. The zero-order valence-electron chi connectivity index (χ0n) is 7.98. The van der Waals surface area contributed by atoms with Gasteiger partial charge in [-0.15, -0.1) is 0 Å². The van der Waals surface area contributed by atoms with Gasteiger partial charge in [0, 0.05) is 11.8 Å². The van der Waals surface area contributed by atoms with Crippen molar-refractivity contribution in [3.05, 3.63) is 33.9 Å². The summed E-state index contributed by atoms with van der Waals surface area (Å²) in [4.78, 5) is 9.77. The van der Waals surface area contributed by atoms with Gasteiger partial charge in [-0.1, -0.05) is 0 Å². The second-order valence-corrected chi connectivity index (χ2v) is 2.87. The van der Waals surface area contributed by atoms with E-state index in [0.29, 0.717) is 0 Å². The van der Waals surface area contributed by atoms with Crippen molar-refractivity contribution in [2.45, 2.75) is 6.43 Å². The third-order valence-electron chi connectivity index (χ3n) is 1.77. The van der Waals surface area contributed by atoms with E-state index in [-0.39, 0.29) is 16.9 Å². The molecule has 0 aliphatic carbocycles. The van der Waals surface area contributed by atoms with Gasteiger partial charge in [-0.2, -0.15) is 5.26 Å². The number of nitro groups is 1. The summed E-state index contributed by atoms with van der Waals surface area (Å²) in [5, 5.41) is 21.5. The molecule has 0 unspecified atom stereocenters. The molecule has 0 atom stereocenters. The zero-order valence-corrected chi connectivity index (χ0v) is 7.98. The number of halogens is 2. The summed E-state index contributed by atoms with van der Waals surface area (Å²) >= 11 is 0. The highest BCUT2D eigenvalue weighted by Gasteiger charge is 2.13. The monoisotopic (exact) mass is 227 g/mol. The average Bonchev–Trinajstić information content (AvgIpc) is 2.25. The van der Waals surface area contributed by atoms with Gasteiger partial charge < -0.3 is 5.32 Å². The van der Waals surface area contributed by atoms with Crippen molar-refractivity contribution in [3.63, 3.8) is 0 Å². The molecule has 0 amide bonds. The molecule has 0 radical (unpaired) electrons. The molecule has 0 aliphatic rings. The first-order valence-corrected chi connectivity index (χ1v) is 4.25. The molecule has 0 saturated carbocycles. The van der Waals surface area contributed by atoms with Crippen LogP contribution >= 0.6 is 0 Å². The van der Waals surface area contributed by atoms with E-state index in [2.05, 4.69) is 5.32 Å². The molecular weight excluding hydrogens is 220 g/mol. The summed E-state index contributed by atoms with van der Waals surface area (Å²) < 4.78 is 23.7. The fourth-order valence-corrected chi connectivity index (χ4v) is 1.09. The molecule has 0 spiro atoms. The molecule has 1 rings (SSSR count). The second kappa shape index (κ2) is 5.02. The van der Waals surface area contributed by atoms with Crippen LogP contribution in [0, 0.1) is 21.4 Å². The van der Waals surface area contributed by atoms with Gasteiger partial charge in [-0.05, 0) is 12.1 Å². The van der Waals surface area contributed by atoms with Gasteiger partial charge in [0.25, 0.3) is 12.1 Å². The van der Waals surface area contributed by atoms with Gasteiger partial charge in [-0.3, -0.25) is 10.1 Å². The highest BCUT2D eigenvalue weighted by atomic mass is 19.3. The largest absolute Gasteiger partial charge is 0.379 e. The third-order valence-corrected chi connectivity index (χ3v) is 1.77. The first kappa shape index (κ1) is 11.8. The number of hydrogen-bond acceptors (Lipinski definition) is 4. The zero-order chi connectivity index (χ0) is 12.1. The van der Waals surface area contributed by atoms with Crippen molar-refractivity contribution in [3.8, 4) is 6.07 Å². The summed E-state index contributed by atoms with van der Waals surface area (Å²) in [6.07, 6.45) is -2.53. The van der Waals surface area contributed by atoms with Crippen molar-refractivity contribution in [2.75, 3.05) is 11.9 Å². The molecular formula is C9H7F2N3O2. The Hall–Kier alpha value is -2.23. The lowest BCUT2D eigenvalue weighted by molar-refractivity contribution is -0.385. The molecule has 1 aromatic carbocycles. The number of anilines is 1. The maximum Gasteiger partial charge on any atom is 0.287 e. The van der Waals surface area contributed by atoms with E-state index in [1.807, 2.05) is 0 Å². The molecule has 16 heavy (non-hydrogen) atoms. The molecule has 0 bridgehead atoms. The summed E-state index contributed by atoms with van der Waals surface area (Å²) in [5.41, 5.74) is -0.253. The molecule has 0 fully saturated rings. The highest BCUT2D eigenvalue weighted by molar-refractivity contribution is 5.58. The van der Waals surface area contributed by atoms with Crippen LogP contribution < -0.4 is 5.32 Å². The minimum absolute atomic E-state index is 0.163. The van der Waals surface area contributed by atoms with Crippen LogP contribution in [0.15, 0.2) is 18.2 Å². The van der Waals surface area contributed by atoms with Gasteiger partial charge in [0.2, 0.25) is 0 Å². The Morgan fingerprint density at radius 2 is 2.25 bits per heavy atom. The number of nitrogens with zero attached hydrogens (tertiary/aromatic N) is 2. The number of nitro benzene ring substituents is 1. The molecule has 0 heterocycles. The molecule has 7 heteroatoms. The van der Waals surface area contributed by atoms with Crippen molar-refractivity contribution in [1.29, 1.82) is 5.26 Å². The predicted molar refractivity (Wildman–Crippen MR) is 52.3 cm³/mol. The van der Waals surface area contributed by atoms with Gasteiger partial charge in [0.1, 0.15) is 11.6 Å². The first-order chi connectivity index (χ1) is 7.54. The topological polar surface area (TPSA) is 79.0 Å². The Bertz CT molecular complexity index is 443. The highest BCUT2D eigenvalue weighted by Crippen LogP contribution is 2.21. The van der Waals surface area contributed by atoms with Crippen LogP contribution in [0.25, 0.3) is 0 Å². The quantitative estimate of drug-likeness (QED) is 0.631. The number of hydrogen-bond donors (Lipinski definition) is 1. The molecule has 1 aromatic rings. The SMILES string of the molecule is N#Cc1cc(NCC(F)F)ccc1[N+](=O)[O-]. The van der Waals surface area contributed by atoms with Gasteiger partial charge in [0.05, 0.1) is 11.5 Å². The van der Waals surface area contributed by atoms with E-state index in [1.165, 1.54) is 12.1 Å². The van der Waals surface area contributed by atoms with Crippen molar-refractivity contribution < 1.29 is 13.7 Å². The van der Waals surface area contributed by atoms with E-state index in [0.717, 1.165) is 6.07 Å². The Labute approximate surface area is 89.5 Å². The third kappa shape index (κ3) is 2.88. The molecule has 0 saturated heterocycles. The maximum absolute atomic E-state index is 11.9. The summed E-state index contributed by atoms with van der Waals surface area (Å²) in [7, 11) is 0. The van der Waals surface area contributed by atoms with E-state index < -0.39 is 17.9 Å². The Morgan fingerprint density at radius 3 is 2.75 bits per heavy atom. The van der Waals surface area contributed by atoms with E-state index >= 15 is 0 Å². The summed E-state index contributed by atoms with van der Waals surface area (Å²) in [5.74, 6) is 0. The fourth-order valence-electron chi connectivity index (χ4n) is 1.09. The average molecular weight is 227 g/mol. The molecule has 84 valence electrons. The smallest absolute Gasteiger partial charge is 0.287 e. The van der Waals surface area contributed by atoms with Crippen LogP contribution in [0.4, 0.5) is 20.2 Å². The van der Waals surface area contributed by atoms with Gasteiger partial charge in [-0.25, -0.2) is 8.78 Å². The van der Waals surface area contributed by atoms with Crippen LogP contribution in [0.2, 0.25) is 0 Å². The number of rotatable bonds is 4. The van der Waals surface area contributed by atoms with Crippen molar-refractivity contribution >= 4 is 11.4 Å². The first-order valence-electron chi connectivity index (χ1n) is 4.25. The fraction of sp³-hybridized carbons (Fsp3) is 0.222. The lowest BCUT2D eigenvalue weighted by Gasteiger charge is -2.05.